The summed E-state index contributed by atoms with van der Waals surface area (Å²) in [7, 11) is 1.34. The highest BCUT2D eigenvalue weighted by Crippen LogP contribution is 2.19. The van der Waals surface area contributed by atoms with Crippen LogP contribution in [0.15, 0.2) is 54.7 Å². The van der Waals surface area contributed by atoms with Gasteiger partial charge in [-0.1, -0.05) is 17.7 Å². The highest BCUT2D eigenvalue weighted by Gasteiger charge is 2.07. The Morgan fingerprint density at radius 3 is 2.64 bits per heavy atom. The van der Waals surface area contributed by atoms with Gasteiger partial charge in [0.15, 0.2) is 5.82 Å². The van der Waals surface area contributed by atoms with E-state index in [-0.39, 0.29) is 0 Å². The lowest BCUT2D eigenvalue weighted by Crippen LogP contribution is -2.04. The summed E-state index contributed by atoms with van der Waals surface area (Å²) in [6.45, 7) is 0. The van der Waals surface area contributed by atoms with Gasteiger partial charge in [0.1, 0.15) is 0 Å². The minimum absolute atomic E-state index is 0.330. The predicted octanol–water partition coefficient (Wildman–Crippen LogP) is 3.80. The first kappa shape index (κ1) is 16.7. The molecule has 0 aliphatic heterocycles. The zero-order valence-electron chi connectivity index (χ0n) is 13.2. The average Bonchev–Trinajstić information content (AvgIpc) is 2.63. The van der Waals surface area contributed by atoms with Crippen LogP contribution >= 0.6 is 11.6 Å². The fourth-order valence-corrected chi connectivity index (χ4v) is 2.19. The molecule has 0 saturated heterocycles. The van der Waals surface area contributed by atoms with Crippen LogP contribution in [0.3, 0.4) is 0 Å². The van der Waals surface area contributed by atoms with E-state index < -0.39 is 5.97 Å². The van der Waals surface area contributed by atoms with E-state index >= 15 is 0 Å². The molecule has 0 aliphatic carbocycles. The van der Waals surface area contributed by atoms with Crippen LogP contribution in [0.4, 0.5) is 23.1 Å². The summed E-state index contributed by atoms with van der Waals surface area (Å²) in [6, 6.07) is 14.0. The molecule has 0 bridgehead atoms. The molecule has 0 aliphatic rings. The molecule has 0 saturated carbocycles. The molecule has 0 radical (unpaired) electrons. The van der Waals surface area contributed by atoms with Crippen LogP contribution in [0.2, 0.25) is 5.02 Å². The van der Waals surface area contributed by atoms with Crippen molar-refractivity contribution in [1.29, 1.82) is 0 Å². The van der Waals surface area contributed by atoms with E-state index in [1.54, 1.807) is 36.4 Å². The maximum Gasteiger partial charge on any atom is 0.337 e. The Balaban J connectivity index is 1.75. The smallest absolute Gasteiger partial charge is 0.337 e. The third-order valence-electron chi connectivity index (χ3n) is 3.22. The first-order valence-electron chi connectivity index (χ1n) is 7.32. The lowest BCUT2D eigenvalue weighted by Gasteiger charge is -2.08. The minimum atomic E-state index is -0.408. The van der Waals surface area contributed by atoms with Gasteiger partial charge in [0, 0.05) is 16.4 Å². The van der Waals surface area contributed by atoms with Crippen LogP contribution < -0.4 is 10.6 Å². The highest BCUT2D eigenvalue weighted by atomic mass is 35.5. The molecule has 0 fully saturated rings. The van der Waals surface area contributed by atoms with E-state index in [1.165, 1.54) is 13.3 Å². The number of halogens is 1. The average molecular weight is 356 g/mol. The van der Waals surface area contributed by atoms with E-state index in [2.05, 4.69) is 25.8 Å². The van der Waals surface area contributed by atoms with Crippen LogP contribution in [0.25, 0.3) is 0 Å². The van der Waals surface area contributed by atoms with Crippen molar-refractivity contribution < 1.29 is 9.53 Å². The summed E-state index contributed by atoms with van der Waals surface area (Å²) >= 11 is 5.86. The van der Waals surface area contributed by atoms with Crippen LogP contribution in [0.5, 0.6) is 0 Å². The molecule has 2 N–H and O–H groups in total. The van der Waals surface area contributed by atoms with Gasteiger partial charge < -0.3 is 15.4 Å². The Morgan fingerprint density at radius 2 is 1.88 bits per heavy atom. The fraction of sp³-hybridized carbons (Fsp3) is 0.0588. The minimum Gasteiger partial charge on any atom is -0.465 e. The van der Waals surface area contributed by atoms with Gasteiger partial charge in [-0.05, 0) is 42.5 Å². The number of nitrogens with one attached hydrogen (secondary N) is 2. The molecule has 2 aromatic carbocycles. The van der Waals surface area contributed by atoms with Crippen LogP contribution in [-0.4, -0.2) is 28.3 Å². The SMILES string of the molecule is COC(=O)c1cccc(Nc2cnnc(Nc3ccc(Cl)cc3)n2)c1. The fourth-order valence-electron chi connectivity index (χ4n) is 2.07. The van der Waals surface area contributed by atoms with Crippen LogP contribution in [0, 0.1) is 0 Å². The second kappa shape index (κ2) is 7.59. The molecular formula is C17H14ClN5O2. The molecule has 1 heterocycles. The molecule has 3 rings (SSSR count). The summed E-state index contributed by atoms with van der Waals surface area (Å²) < 4.78 is 4.71. The quantitative estimate of drug-likeness (QED) is 0.673. The summed E-state index contributed by atoms with van der Waals surface area (Å²) in [5.74, 6) is 0.402. The van der Waals surface area contributed by atoms with Crippen molar-refractivity contribution >= 4 is 40.7 Å². The lowest BCUT2D eigenvalue weighted by molar-refractivity contribution is 0.0601. The van der Waals surface area contributed by atoms with E-state index in [1.807, 2.05) is 12.1 Å². The molecular weight excluding hydrogens is 342 g/mol. The standard InChI is InChI=1S/C17H14ClN5O2/c1-25-16(24)11-3-2-4-14(9-11)20-15-10-19-23-17(22-15)21-13-7-5-12(18)6-8-13/h2-10H,1H3,(H2,20,21,22,23). The molecule has 7 nitrogen and oxygen atoms in total. The normalized spacial score (nSPS) is 10.2. The number of ether oxygens (including phenoxy) is 1. The van der Waals surface area contributed by atoms with Gasteiger partial charge in [-0.3, -0.25) is 0 Å². The van der Waals surface area contributed by atoms with Gasteiger partial charge in [-0.2, -0.15) is 10.1 Å². The number of hydrogen-bond acceptors (Lipinski definition) is 7. The van der Waals surface area contributed by atoms with Gasteiger partial charge in [-0.25, -0.2) is 4.79 Å². The van der Waals surface area contributed by atoms with Crippen molar-refractivity contribution in [3.63, 3.8) is 0 Å². The number of rotatable bonds is 5. The van der Waals surface area contributed by atoms with Gasteiger partial charge in [0.05, 0.1) is 18.9 Å². The third kappa shape index (κ3) is 4.42. The zero-order valence-corrected chi connectivity index (χ0v) is 14.0. The van der Waals surface area contributed by atoms with Crippen LogP contribution in [-0.2, 0) is 4.74 Å². The summed E-state index contributed by atoms with van der Waals surface area (Å²) in [5, 5.41) is 14.6. The summed E-state index contributed by atoms with van der Waals surface area (Å²) in [4.78, 5) is 15.9. The number of nitrogens with zero attached hydrogens (tertiary/aromatic N) is 3. The number of esters is 1. The van der Waals surface area contributed by atoms with Crippen molar-refractivity contribution in [3.8, 4) is 0 Å². The van der Waals surface area contributed by atoms with E-state index in [0.717, 1.165) is 5.69 Å². The summed E-state index contributed by atoms with van der Waals surface area (Å²) in [6.07, 6.45) is 1.48. The van der Waals surface area contributed by atoms with E-state index in [9.17, 15) is 4.79 Å². The number of anilines is 4. The lowest BCUT2D eigenvalue weighted by atomic mass is 10.2. The predicted molar refractivity (Wildman–Crippen MR) is 95.6 cm³/mol. The number of carbonyl (C=O) groups excluding carboxylic acids is 1. The summed E-state index contributed by atoms with van der Waals surface area (Å²) in [5.41, 5.74) is 1.91. The monoisotopic (exact) mass is 355 g/mol. The van der Waals surface area contributed by atoms with Crippen molar-refractivity contribution in [3.05, 3.63) is 65.3 Å². The second-order valence-electron chi connectivity index (χ2n) is 4.99. The van der Waals surface area contributed by atoms with Crippen LogP contribution in [0.1, 0.15) is 10.4 Å². The number of aromatic nitrogens is 3. The van der Waals surface area contributed by atoms with Gasteiger partial charge >= 0.3 is 5.97 Å². The molecule has 0 amide bonds. The molecule has 0 unspecified atom stereocenters. The first-order valence-corrected chi connectivity index (χ1v) is 7.69. The van der Waals surface area contributed by atoms with E-state index in [0.29, 0.717) is 28.0 Å². The molecule has 126 valence electrons. The second-order valence-corrected chi connectivity index (χ2v) is 5.43. The van der Waals surface area contributed by atoms with Crippen molar-refractivity contribution in [2.45, 2.75) is 0 Å². The zero-order chi connectivity index (χ0) is 17.6. The molecule has 0 spiro atoms. The number of hydrogen-bond donors (Lipinski definition) is 2. The Morgan fingerprint density at radius 1 is 1.08 bits per heavy atom. The van der Waals surface area contributed by atoms with Gasteiger partial charge in [0.2, 0.25) is 5.95 Å². The number of carbonyl (C=O) groups is 1. The topological polar surface area (TPSA) is 89.0 Å². The number of methoxy groups -OCH3 is 1. The molecule has 1 aromatic heterocycles. The van der Waals surface area contributed by atoms with Gasteiger partial charge in [-0.15, -0.1) is 5.10 Å². The highest BCUT2D eigenvalue weighted by molar-refractivity contribution is 6.30. The third-order valence-corrected chi connectivity index (χ3v) is 3.47. The molecule has 25 heavy (non-hydrogen) atoms. The van der Waals surface area contributed by atoms with Crippen molar-refractivity contribution in [1.82, 2.24) is 15.2 Å². The Hall–Kier alpha value is -3.19. The maximum absolute atomic E-state index is 11.6. The Labute approximate surface area is 149 Å². The van der Waals surface area contributed by atoms with Crippen molar-refractivity contribution in [2.75, 3.05) is 17.7 Å². The molecule has 3 aromatic rings. The van der Waals surface area contributed by atoms with Crippen molar-refractivity contribution in [2.24, 2.45) is 0 Å². The largest absolute Gasteiger partial charge is 0.465 e. The van der Waals surface area contributed by atoms with Gasteiger partial charge in [0.25, 0.3) is 0 Å². The Bertz CT molecular complexity index is 886. The molecule has 8 heteroatoms. The Kier molecular flexibility index (Phi) is 5.06. The van der Waals surface area contributed by atoms with E-state index in [4.69, 9.17) is 16.3 Å². The molecule has 0 atom stereocenters. The number of benzene rings is 2. The maximum atomic E-state index is 11.6. The first-order chi connectivity index (χ1) is 12.1.